The van der Waals surface area contributed by atoms with Crippen LogP contribution in [0, 0.1) is 6.92 Å². The number of carbonyl (C=O) groups is 1. The zero-order valence-electron chi connectivity index (χ0n) is 15.1. The van der Waals surface area contributed by atoms with Crippen LogP contribution in [0.1, 0.15) is 43.5 Å². The maximum absolute atomic E-state index is 12.7. The van der Waals surface area contributed by atoms with E-state index >= 15 is 0 Å². The molecule has 1 amide bonds. The summed E-state index contributed by atoms with van der Waals surface area (Å²) in [4.78, 5) is 21.1. The van der Waals surface area contributed by atoms with Gasteiger partial charge in [-0.15, -0.1) is 0 Å². The number of rotatable bonds is 6. The van der Waals surface area contributed by atoms with Crippen LogP contribution in [0.25, 0.3) is 0 Å². The van der Waals surface area contributed by atoms with Crippen LogP contribution >= 0.6 is 0 Å². The highest BCUT2D eigenvalue weighted by atomic mass is 16.5. The Labute approximate surface area is 148 Å². The number of hydrogen-bond donors (Lipinski definition) is 0. The van der Waals surface area contributed by atoms with Gasteiger partial charge in [-0.3, -0.25) is 4.79 Å². The lowest BCUT2D eigenvalue weighted by atomic mass is 10.1. The molecule has 6 heteroatoms. The highest BCUT2D eigenvalue weighted by molar-refractivity contribution is 5.81. The zero-order chi connectivity index (χ0) is 17.6. The predicted molar refractivity (Wildman–Crippen MR) is 96.3 cm³/mol. The molecular weight excluding hydrogens is 316 g/mol. The molecule has 0 aliphatic carbocycles. The van der Waals surface area contributed by atoms with Crippen molar-refractivity contribution in [1.29, 1.82) is 0 Å². The van der Waals surface area contributed by atoms with Crippen molar-refractivity contribution in [2.24, 2.45) is 0 Å². The van der Waals surface area contributed by atoms with Crippen LogP contribution in [0.5, 0.6) is 0 Å². The van der Waals surface area contributed by atoms with Crippen molar-refractivity contribution < 1.29 is 9.32 Å². The Morgan fingerprint density at radius 1 is 1.20 bits per heavy atom. The molecular formula is C19H26N4O2. The van der Waals surface area contributed by atoms with Crippen molar-refractivity contribution in [1.82, 2.24) is 15.0 Å². The van der Waals surface area contributed by atoms with Crippen LogP contribution in [0.2, 0.25) is 0 Å². The molecule has 134 valence electrons. The number of hydrogen-bond acceptors (Lipinski definition) is 5. The van der Waals surface area contributed by atoms with Crippen molar-refractivity contribution in [3.8, 4) is 0 Å². The number of anilines is 1. The first-order valence-electron chi connectivity index (χ1n) is 9.06. The van der Waals surface area contributed by atoms with E-state index in [9.17, 15) is 4.79 Å². The largest absolute Gasteiger partial charge is 0.353 e. The standard InChI is InChI=1S/C19H26N4O2/c1-3-17-20-18(25-21-17)13-23(16-9-7-15(2)8-10-16)14-19(24)22-11-5-4-6-12-22/h7-10H,3-6,11-14H2,1-2H3. The summed E-state index contributed by atoms with van der Waals surface area (Å²) in [5, 5.41) is 3.96. The van der Waals surface area contributed by atoms with Crippen molar-refractivity contribution >= 4 is 11.6 Å². The monoisotopic (exact) mass is 342 g/mol. The van der Waals surface area contributed by atoms with Crippen molar-refractivity contribution in [3.05, 3.63) is 41.5 Å². The van der Waals surface area contributed by atoms with Gasteiger partial charge in [0, 0.05) is 25.2 Å². The summed E-state index contributed by atoms with van der Waals surface area (Å²) in [6.45, 7) is 6.54. The first-order valence-corrected chi connectivity index (χ1v) is 9.06. The highest BCUT2D eigenvalue weighted by Crippen LogP contribution is 2.19. The smallest absolute Gasteiger partial charge is 0.246 e. The average Bonchev–Trinajstić information content (AvgIpc) is 3.10. The third-order valence-corrected chi connectivity index (χ3v) is 4.59. The first kappa shape index (κ1) is 17.5. The fraction of sp³-hybridized carbons (Fsp3) is 0.526. The van der Waals surface area contributed by atoms with Crippen molar-refractivity contribution in [3.63, 3.8) is 0 Å². The van der Waals surface area contributed by atoms with Crippen molar-refractivity contribution in [2.45, 2.75) is 46.1 Å². The van der Waals surface area contributed by atoms with Gasteiger partial charge in [0.05, 0.1) is 13.1 Å². The highest BCUT2D eigenvalue weighted by Gasteiger charge is 2.21. The Hall–Kier alpha value is -2.37. The van der Waals surface area contributed by atoms with Gasteiger partial charge < -0.3 is 14.3 Å². The molecule has 1 fully saturated rings. The van der Waals surface area contributed by atoms with Crippen LogP contribution in [-0.4, -0.2) is 40.6 Å². The fourth-order valence-electron chi connectivity index (χ4n) is 3.06. The number of aryl methyl sites for hydroxylation is 2. The lowest BCUT2D eigenvalue weighted by molar-refractivity contribution is -0.130. The van der Waals surface area contributed by atoms with E-state index in [1.165, 1.54) is 12.0 Å². The second kappa shape index (κ2) is 8.14. The van der Waals surface area contributed by atoms with Crippen LogP contribution < -0.4 is 4.90 Å². The van der Waals surface area contributed by atoms with Gasteiger partial charge in [0.1, 0.15) is 0 Å². The average molecular weight is 342 g/mol. The summed E-state index contributed by atoms with van der Waals surface area (Å²) < 4.78 is 5.33. The summed E-state index contributed by atoms with van der Waals surface area (Å²) >= 11 is 0. The SMILES string of the molecule is CCc1noc(CN(CC(=O)N2CCCCC2)c2ccc(C)cc2)n1. The molecule has 1 saturated heterocycles. The van der Waals surface area contributed by atoms with Crippen LogP contribution in [-0.2, 0) is 17.8 Å². The molecule has 1 aromatic carbocycles. The van der Waals surface area contributed by atoms with Crippen LogP contribution in [0.4, 0.5) is 5.69 Å². The van der Waals surface area contributed by atoms with E-state index in [0.29, 0.717) is 24.8 Å². The van der Waals surface area contributed by atoms with E-state index in [1.54, 1.807) is 0 Å². The molecule has 3 rings (SSSR count). The molecule has 1 aliphatic rings. The van der Waals surface area contributed by atoms with Crippen LogP contribution in [0.15, 0.2) is 28.8 Å². The lowest BCUT2D eigenvalue weighted by Crippen LogP contribution is -2.42. The maximum atomic E-state index is 12.7. The number of piperidine rings is 1. The topological polar surface area (TPSA) is 62.5 Å². The zero-order valence-corrected chi connectivity index (χ0v) is 15.1. The van der Waals surface area contributed by atoms with Gasteiger partial charge in [0.2, 0.25) is 11.8 Å². The predicted octanol–water partition coefficient (Wildman–Crippen LogP) is 2.96. The van der Waals surface area contributed by atoms with Crippen molar-refractivity contribution in [2.75, 3.05) is 24.5 Å². The fourth-order valence-corrected chi connectivity index (χ4v) is 3.06. The Bertz CT molecular complexity index is 690. The number of amides is 1. The number of nitrogens with zero attached hydrogens (tertiary/aromatic N) is 4. The molecule has 2 heterocycles. The summed E-state index contributed by atoms with van der Waals surface area (Å²) in [6, 6.07) is 8.18. The molecule has 0 N–H and O–H groups in total. The van der Waals surface area contributed by atoms with Crippen LogP contribution in [0.3, 0.4) is 0 Å². The van der Waals surface area contributed by atoms with Gasteiger partial charge in [-0.1, -0.05) is 29.8 Å². The summed E-state index contributed by atoms with van der Waals surface area (Å²) in [7, 11) is 0. The quantitative estimate of drug-likeness (QED) is 0.808. The Morgan fingerprint density at radius 2 is 1.92 bits per heavy atom. The second-order valence-electron chi connectivity index (χ2n) is 6.59. The number of aromatic nitrogens is 2. The minimum atomic E-state index is 0.163. The van der Waals surface area contributed by atoms with E-state index in [1.807, 2.05) is 28.9 Å². The first-order chi connectivity index (χ1) is 12.2. The van der Waals surface area contributed by atoms with Gasteiger partial charge >= 0.3 is 0 Å². The molecule has 0 bridgehead atoms. The molecule has 2 aromatic rings. The molecule has 0 radical (unpaired) electrons. The van der Waals surface area contributed by atoms with E-state index in [4.69, 9.17) is 4.52 Å². The van der Waals surface area contributed by atoms with Gasteiger partial charge in [-0.25, -0.2) is 0 Å². The van der Waals surface area contributed by atoms with Gasteiger partial charge in [0.15, 0.2) is 5.82 Å². The molecule has 1 aliphatic heterocycles. The number of benzene rings is 1. The van der Waals surface area contributed by atoms with E-state index in [2.05, 4.69) is 29.2 Å². The minimum Gasteiger partial charge on any atom is -0.353 e. The molecule has 25 heavy (non-hydrogen) atoms. The number of carbonyl (C=O) groups excluding carboxylic acids is 1. The molecule has 0 atom stereocenters. The van der Waals surface area contributed by atoms with E-state index in [0.717, 1.165) is 38.0 Å². The van der Waals surface area contributed by atoms with Gasteiger partial charge in [-0.05, 0) is 38.3 Å². The third-order valence-electron chi connectivity index (χ3n) is 4.59. The molecule has 0 saturated carbocycles. The molecule has 0 spiro atoms. The van der Waals surface area contributed by atoms with E-state index < -0.39 is 0 Å². The maximum Gasteiger partial charge on any atom is 0.246 e. The Balaban J connectivity index is 1.75. The number of likely N-dealkylation sites (tertiary alicyclic amines) is 1. The third kappa shape index (κ3) is 4.59. The van der Waals surface area contributed by atoms with Gasteiger partial charge in [0.25, 0.3) is 0 Å². The molecule has 6 nitrogen and oxygen atoms in total. The Kier molecular flexibility index (Phi) is 5.68. The second-order valence-corrected chi connectivity index (χ2v) is 6.59. The summed E-state index contributed by atoms with van der Waals surface area (Å²) in [6.07, 6.45) is 4.15. The van der Waals surface area contributed by atoms with Gasteiger partial charge in [-0.2, -0.15) is 4.98 Å². The summed E-state index contributed by atoms with van der Waals surface area (Å²) in [5.74, 6) is 1.40. The minimum absolute atomic E-state index is 0.163. The Morgan fingerprint density at radius 3 is 2.56 bits per heavy atom. The normalized spacial score (nSPS) is 14.6. The molecule has 0 unspecified atom stereocenters. The molecule has 1 aromatic heterocycles. The summed E-state index contributed by atoms with van der Waals surface area (Å²) in [5.41, 5.74) is 2.18. The van der Waals surface area contributed by atoms with E-state index in [-0.39, 0.29) is 5.91 Å². The lowest BCUT2D eigenvalue weighted by Gasteiger charge is -2.30.